The molecule has 15 nitrogen and oxygen atoms in total. The standard InChI is InChI=1S/C38H59N7O8/c1-9-24(4)33(44(6)36(49)32(23(2)3)43-37-39-16-12-17-40-37)30(52-7)21-31(47)45-18-11-15-29(45)34(53-8)25(5)35(48)41-28(22-46)20-26-13-10-14-27(19-26)42-38(50)51/h10,12-14,16-17,19,23-25,28-30,32-34,42,46H,9,11,15,18,20-22H2,1-8H3,(H,41,48)(H,50,51)(H,39,40,43)/t24-,25+,28?,29?,30+,32?,33-,34+/m0/s1. The Morgan fingerprint density at radius 1 is 1.06 bits per heavy atom. The zero-order valence-corrected chi connectivity index (χ0v) is 32.3. The molecule has 2 aromatic rings. The number of carbonyl (C=O) groups excluding carboxylic acids is 3. The SMILES string of the molecule is CC[C@H](C)[C@@H]([C@@H](CC(=O)N1CCCC1[C@H](OC)[C@@H](C)C(=O)NC(CO)Cc1cccc(NC(=O)O)c1)OC)N(C)C(=O)C(Nc1ncccn1)C(C)C. The van der Waals surface area contributed by atoms with Crippen molar-refractivity contribution >= 4 is 35.5 Å². The van der Waals surface area contributed by atoms with E-state index in [1.807, 2.05) is 27.7 Å². The molecule has 0 aliphatic carbocycles. The molecule has 1 aromatic carbocycles. The monoisotopic (exact) mass is 741 g/mol. The van der Waals surface area contributed by atoms with E-state index in [0.29, 0.717) is 24.6 Å². The number of hydrogen-bond acceptors (Lipinski definition) is 10. The number of nitrogens with one attached hydrogen (secondary N) is 3. The third-order valence-electron chi connectivity index (χ3n) is 10.3. The van der Waals surface area contributed by atoms with Crippen molar-refractivity contribution in [2.75, 3.05) is 45.1 Å². The predicted molar refractivity (Wildman–Crippen MR) is 201 cm³/mol. The fourth-order valence-corrected chi connectivity index (χ4v) is 7.23. The molecule has 15 heteroatoms. The van der Waals surface area contributed by atoms with Crippen LogP contribution in [0.3, 0.4) is 0 Å². The van der Waals surface area contributed by atoms with Crippen molar-refractivity contribution in [1.29, 1.82) is 0 Å². The van der Waals surface area contributed by atoms with Crippen molar-refractivity contribution in [2.24, 2.45) is 17.8 Å². The number of aromatic nitrogens is 2. The van der Waals surface area contributed by atoms with Crippen LogP contribution in [0.2, 0.25) is 0 Å². The lowest BCUT2D eigenvalue weighted by Crippen LogP contribution is -2.56. The molecule has 1 fully saturated rings. The summed E-state index contributed by atoms with van der Waals surface area (Å²) in [6.45, 7) is 9.90. The number of benzene rings is 1. The lowest BCUT2D eigenvalue weighted by Gasteiger charge is -2.40. The lowest BCUT2D eigenvalue weighted by molar-refractivity contribution is -0.146. The fraction of sp³-hybridized carbons (Fsp3) is 0.632. The van der Waals surface area contributed by atoms with Gasteiger partial charge in [0.25, 0.3) is 0 Å². The zero-order valence-electron chi connectivity index (χ0n) is 32.3. The van der Waals surface area contributed by atoms with Crippen molar-refractivity contribution in [1.82, 2.24) is 25.1 Å². The number of likely N-dealkylation sites (tertiary alicyclic amines) is 1. The molecule has 1 saturated heterocycles. The molecule has 3 unspecified atom stereocenters. The Kier molecular flexibility index (Phi) is 16.9. The fourth-order valence-electron chi connectivity index (χ4n) is 7.23. The summed E-state index contributed by atoms with van der Waals surface area (Å²) >= 11 is 0. The first-order chi connectivity index (χ1) is 25.3. The molecule has 1 aliphatic rings. The molecule has 0 bridgehead atoms. The molecule has 53 heavy (non-hydrogen) atoms. The summed E-state index contributed by atoms with van der Waals surface area (Å²) in [6.07, 6.45) is 3.23. The second-order valence-corrected chi connectivity index (χ2v) is 14.3. The number of ether oxygens (including phenoxy) is 2. The Bertz CT molecular complexity index is 1480. The number of nitrogens with zero attached hydrogens (tertiary/aromatic N) is 4. The van der Waals surface area contributed by atoms with Gasteiger partial charge in [0.1, 0.15) is 6.04 Å². The average molecular weight is 742 g/mol. The maximum absolute atomic E-state index is 14.1. The number of carbonyl (C=O) groups is 4. The number of likely N-dealkylation sites (N-methyl/N-ethyl adjacent to an activating group) is 1. The number of methoxy groups -OCH3 is 2. The first-order valence-corrected chi connectivity index (χ1v) is 18.4. The summed E-state index contributed by atoms with van der Waals surface area (Å²) < 4.78 is 11.9. The molecule has 0 saturated carbocycles. The van der Waals surface area contributed by atoms with E-state index in [4.69, 9.17) is 14.6 Å². The Morgan fingerprint density at radius 3 is 2.34 bits per heavy atom. The molecule has 2 heterocycles. The van der Waals surface area contributed by atoms with Crippen molar-refractivity contribution in [3.8, 4) is 0 Å². The second kappa shape index (κ2) is 20.8. The maximum Gasteiger partial charge on any atom is 0.409 e. The topological polar surface area (TPSA) is 196 Å². The minimum atomic E-state index is -1.19. The van der Waals surface area contributed by atoms with E-state index in [2.05, 4.69) is 25.9 Å². The third kappa shape index (κ3) is 11.8. The molecule has 294 valence electrons. The van der Waals surface area contributed by atoms with E-state index >= 15 is 0 Å². The lowest BCUT2D eigenvalue weighted by atomic mass is 9.89. The number of aliphatic hydroxyl groups excluding tert-OH is 1. The molecule has 4 amide bonds. The van der Waals surface area contributed by atoms with Gasteiger partial charge in [0.05, 0.1) is 49.3 Å². The smallest absolute Gasteiger partial charge is 0.409 e. The van der Waals surface area contributed by atoms with Gasteiger partial charge in [-0.2, -0.15) is 0 Å². The highest BCUT2D eigenvalue weighted by Gasteiger charge is 2.43. The van der Waals surface area contributed by atoms with Crippen LogP contribution in [0.4, 0.5) is 16.4 Å². The Morgan fingerprint density at radius 2 is 1.75 bits per heavy atom. The highest BCUT2D eigenvalue weighted by Crippen LogP contribution is 2.30. The minimum Gasteiger partial charge on any atom is -0.465 e. The van der Waals surface area contributed by atoms with Crippen LogP contribution in [0.5, 0.6) is 0 Å². The number of rotatable bonds is 20. The van der Waals surface area contributed by atoms with Gasteiger partial charge in [-0.15, -0.1) is 0 Å². The van der Waals surface area contributed by atoms with Gasteiger partial charge in [-0.25, -0.2) is 14.8 Å². The van der Waals surface area contributed by atoms with Crippen LogP contribution in [0.1, 0.15) is 65.9 Å². The molecule has 0 radical (unpaired) electrons. The molecule has 5 N–H and O–H groups in total. The summed E-state index contributed by atoms with van der Waals surface area (Å²) in [5.41, 5.74) is 1.12. The van der Waals surface area contributed by atoms with Crippen molar-refractivity contribution in [3.05, 3.63) is 48.3 Å². The molecular formula is C38H59N7O8. The van der Waals surface area contributed by atoms with E-state index in [0.717, 1.165) is 18.4 Å². The molecule has 3 rings (SSSR count). The van der Waals surface area contributed by atoms with Gasteiger partial charge >= 0.3 is 6.09 Å². The van der Waals surface area contributed by atoms with Gasteiger partial charge in [-0.1, -0.05) is 53.2 Å². The quantitative estimate of drug-likeness (QED) is 0.133. The summed E-state index contributed by atoms with van der Waals surface area (Å²) in [5, 5.41) is 27.5. The van der Waals surface area contributed by atoms with Gasteiger partial charge in [0.15, 0.2) is 0 Å². The van der Waals surface area contributed by atoms with Crippen LogP contribution >= 0.6 is 0 Å². The summed E-state index contributed by atoms with van der Waals surface area (Å²) in [7, 11) is 4.84. The molecule has 1 aromatic heterocycles. The van der Waals surface area contributed by atoms with Crippen LogP contribution < -0.4 is 16.0 Å². The number of amides is 4. The minimum absolute atomic E-state index is 0.00248. The van der Waals surface area contributed by atoms with Gasteiger partial charge in [-0.3, -0.25) is 19.7 Å². The van der Waals surface area contributed by atoms with Crippen molar-refractivity contribution in [3.63, 3.8) is 0 Å². The van der Waals surface area contributed by atoms with Gasteiger partial charge in [0.2, 0.25) is 23.7 Å². The van der Waals surface area contributed by atoms with E-state index in [1.165, 1.54) is 7.11 Å². The second-order valence-electron chi connectivity index (χ2n) is 14.3. The molecular weight excluding hydrogens is 682 g/mol. The largest absolute Gasteiger partial charge is 0.465 e. The first-order valence-electron chi connectivity index (χ1n) is 18.4. The predicted octanol–water partition coefficient (Wildman–Crippen LogP) is 3.64. The summed E-state index contributed by atoms with van der Waals surface area (Å²) in [5.74, 6) is -1.03. The summed E-state index contributed by atoms with van der Waals surface area (Å²) in [6, 6.07) is 6.43. The highest BCUT2D eigenvalue weighted by atomic mass is 16.5. The Hall–Kier alpha value is -4.34. The Labute approximate surface area is 313 Å². The number of anilines is 2. The highest BCUT2D eigenvalue weighted by molar-refractivity contribution is 5.85. The van der Waals surface area contributed by atoms with Crippen LogP contribution in [0, 0.1) is 17.8 Å². The van der Waals surface area contributed by atoms with Gasteiger partial charge in [0, 0.05) is 45.9 Å². The Balaban J connectivity index is 1.73. The molecule has 8 atom stereocenters. The van der Waals surface area contributed by atoms with Gasteiger partial charge in [-0.05, 0) is 54.9 Å². The molecule has 1 aliphatic heterocycles. The zero-order chi connectivity index (χ0) is 39.2. The number of aliphatic hydroxyl groups is 1. The normalized spacial score (nSPS) is 18.3. The van der Waals surface area contributed by atoms with E-state index < -0.39 is 42.3 Å². The van der Waals surface area contributed by atoms with Crippen LogP contribution in [0.15, 0.2) is 42.7 Å². The van der Waals surface area contributed by atoms with Crippen LogP contribution in [-0.4, -0.2) is 125 Å². The van der Waals surface area contributed by atoms with Crippen LogP contribution in [-0.2, 0) is 30.3 Å². The van der Waals surface area contributed by atoms with Crippen LogP contribution in [0.25, 0.3) is 0 Å². The molecule has 0 spiro atoms. The number of hydrogen-bond donors (Lipinski definition) is 5. The van der Waals surface area contributed by atoms with E-state index in [-0.39, 0.29) is 55.0 Å². The summed E-state index contributed by atoms with van der Waals surface area (Å²) in [4.78, 5) is 64.7. The van der Waals surface area contributed by atoms with Gasteiger partial charge < -0.3 is 40.1 Å². The number of carboxylic acid groups (broad SMARTS) is 1. The van der Waals surface area contributed by atoms with Crippen molar-refractivity contribution in [2.45, 2.75) is 103 Å². The third-order valence-corrected chi connectivity index (χ3v) is 10.3. The average Bonchev–Trinajstić information content (AvgIpc) is 3.62. The maximum atomic E-state index is 14.1. The van der Waals surface area contributed by atoms with Crippen molar-refractivity contribution < 1.29 is 38.9 Å². The first kappa shape index (κ1) is 43.1. The van der Waals surface area contributed by atoms with E-state index in [1.54, 1.807) is 73.6 Å². The van der Waals surface area contributed by atoms with E-state index in [9.17, 15) is 24.3 Å².